The number of esters is 7. The first kappa shape index (κ1) is 35.4. The Labute approximate surface area is 246 Å². The molecular formula is C26H36O17. The van der Waals surface area contributed by atoms with E-state index in [2.05, 4.69) is 0 Å². The van der Waals surface area contributed by atoms with Crippen LogP contribution >= 0.6 is 0 Å². The third-order valence-electron chi connectivity index (χ3n) is 5.84. The van der Waals surface area contributed by atoms with Crippen LogP contribution in [-0.4, -0.2) is 110 Å². The molecule has 17 nitrogen and oxygen atoms in total. The number of carbonyl (C=O) groups is 7. The average Bonchev–Trinajstić information content (AvgIpc) is 2.84. The fourth-order valence-corrected chi connectivity index (χ4v) is 4.54. The lowest BCUT2D eigenvalue weighted by molar-refractivity contribution is -0.327. The van der Waals surface area contributed by atoms with Crippen molar-refractivity contribution in [2.45, 2.75) is 117 Å². The molecule has 2 aliphatic heterocycles. The first-order valence-electron chi connectivity index (χ1n) is 13.1. The summed E-state index contributed by atoms with van der Waals surface area (Å²) in [5.74, 6) is -5.75. The summed E-state index contributed by atoms with van der Waals surface area (Å²) >= 11 is 0. The minimum atomic E-state index is -1.65. The number of rotatable bonds is 10. The molecule has 0 aliphatic carbocycles. The zero-order chi connectivity index (χ0) is 32.6. The molecule has 0 spiro atoms. The first-order valence-corrected chi connectivity index (χ1v) is 13.1. The van der Waals surface area contributed by atoms with E-state index >= 15 is 0 Å². The van der Waals surface area contributed by atoms with E-state index in [-0.39, 0.29) is 0 Å². The van der Waals surface area contributed by atoms with Gasteiger partial charge in [-0.3, -0.25) is 33.6 Å². The van der Waals surface area contributed by atoms with E-state index in [1.165, 1.54) is 6.92 Å². The second kappa shape index (κ2) is 15.6. The lowest BCUT2D eigenvalue weighted by Gasteiger charge is -2.45. The minimum absolute atomic E-state index is 0.569. The third kappa shape index (κ3) is 10.4. The molecule has 242 valence electrons. The zero-order valence-corrected chi connectivity index (χ0v) is 24.9. The highest BCUT2D eigenvalue weighted by Crippen LogP contribution is 2.33. The van der Waals surface area contributed by atoms with Crippen LogP contribution in [0.5, 0.6) is 0 Å². The molecule has 2 rings (SSSR count). The quantitative estimate of drug-likeness (QED) is 0.225. The van der Waals surface area contributed by atoms with Crippen molar-refractivity contribution in [2.75, 3.05) is 6.61 Å². The van der Waals surface area contributed by atoms with Gasteiger partial charge in [-0.2, -0.15) is 0 Å². The van der Waals surface area contributed by atoms with Crippen LogP contribution in [0, 0.1) is 0 Å². The van der Waals surface area contributed by atoms with Crippen molar-refractivity contribution in [3.63, 3.8) is 0 Å². The normalized spacial score (nSPS) is 31.9. The first-order chi connectivity index (χ1) is 20.0. The summed E-state index contributed by atoms with van der Waals surface area (Å²) in [6, 6.07) is 0. The van der Waals surface area contributed by atoms with Crippen molar-refractivity contribution in [2.24, 2.45) is 0 Å². The fraction of sp³-hybridized carbons (Fsp3) is 0.731. The predicted octanol–water partition coefficient (Wildman–Crippen LogP) is -0.374. The second-order valence-corrected chi connectivity index (χ2v) is 9.64. The van der Waals surface area contributed by atoms with Crippen LogP contribution < -0.4 is 0 Å². The summed E-state index contributed by atoms with van der Waals surface area (Å²) in [5, 5.41) is 0. The molecule has 0 amide bonds. The number of hydrogen-bond donors (Lipinski definition) is 0. The summed E-state index contributed by atoms with van der Waals surface area (Å²) in [5.41, 5.74) is 0. The number of carbonyl (C=O) groups excluding carboxylic acids is 7. The van der Waals surface area contributed by atoms with Crippen LogP contribution in [-0.2, 0) is 80.9 Å². The highest BCUT2D eigenvalue weighted by molar-refractivity contribution is 5.70. The van der Waals surface area contributed by atoms with Crippen LogP contribution in [0.15, 0.2) is 0 Å². The lowest BCUT2D eigenvalue weighted by atomic mass is 9.97. The van der Waals surface area contributed by atoms with E-state index < -0.39 is 110 Å². The molecule has 10 atom stereocenters. The Morgan fingerprint density at radius 3 is 1.23 bits per heavy atom. The fourth-order valence-electron chi connectivity index (χ4n) is 4.54. The smallest absolute Gasteiger partial charge is 0.305 e. The van der Waals surface area contributed by atoms with Crippen molar-refractivity contribution in [1.82, 2.24) is 0 Å². The highest BCUT2D eigenvalue weighted by Gasteiger charge is 2.55. The topological polar surface area (TPSA) is 212 Å². The molecule has 0 aromatic rings. The molecule has 43 heavy (non-hydrogen) atoms. The van der Waals surface area contributed by atoms with Gasteiger partial charge in [0.25, 0.3) is 0 Å². The highest BCUT2D eigenvalue weighted by atomic mass is 16.8. The van der Waals surface area contributed by atoms with E-state index in [0.29, 0.717) is 0 Å². The van der Waals surface area contributed by atoms with Crippen molar-refractivity contribution in [3.8, 4) is 0 Å². The Bertz CT molecular complexity index is 1070. The molecule has 0 saturated carbocycles. The average molecular weight is 621 g/mol. The Hall–Kier alpha value is -3.83. The van der Waals surface area contributed by atoms with Gasteiger partial charge < -0.3 is 47.4 Å². The Morgan fingerprint density at radius 2 is 0.791 bits per heavy atom. The van der Waals surface area contributed by atoms with Gasteiger partial charge in [0.05, 0.1) is 12.7 Å². The van der Waals surface area contributed by atoms with E-state index in [1.807, 2.05) is 0 Å². The van der Waals surface area contributed by atoms with E-state index in [1.54, 1.807) is 0 Å². The Balaban J connectivity index is 2.47. The molecule has 0 N–H and O–H groups in total. The summed E-state index contributed by atoms with van der Waals surface area (Å²) in [4.78, 5) is 83.4. The molecule has 2 aliphatic rings. The van der Waals surface area contributed by atoms with Gasteiger partial charge in [0, 0.05) is 48.5 Å². The second-order valence-electron chi connectivity index (χ2n) is 9.64. The van der Waals surface area contributed by atoms with Gasteiger partial charge in [0.15, 0.2) is 36.8 Å². The van der Waals surface area contributed by atoms with Crippen molar-refractivity contribution >= 4 is 41.8 Å². The molecule has 0 radical (unpaired) electrons. The molecule has 2 saturated heterocycles. The van der Waals surface area contributed by atoms with Gasteiger partial charge in [-0.05, 0) is 6.92 Å². The van der Waals surface area contributed by atoms with Gasteiger partial charge in [0.2, 0.25) is 12.4 Å². The predicted molar refractivity (Wildman–Crippen MR) is 134 cm³/mol. The maximum Gasteiger partial charge on any atom is 0.305 e. The molecule has 2 fully saturated rings. The van der Waals surface area contributed by atoms with Gasteiger partial charge >= 0.3 is 41.8 Å². The SMILES string of the molecule is CC(=O)O[C@@H]1O[C@H](CO[C@@H]2O[C@@H](C)[C@H](OC(C)=O)[C@@H](OC(C)=O)[C@H]2OC(C)=O)[C@@H](OC(C)=O)[C@H](OC(C)=O)[C@H]1OC(C)=O. The molecule has 0 unspecified atom stereocenters. The standard InChI is InChI=1S/C26H36O17/c1-10-19(36-11(2)27)21(38-13(4)29)23(40-15(6)31)25(35-10)34-9-18-20(37-12(3)28)22(39-14(5)30)24(41-16(7)32)26(43-18)42-17(8)33/h10,18-26H,9H2,1-8H3/t10-,18+,19-,20+,21+,22-,23+,24+,25+,26+/m0/s1. The van der Waals surface area contributed by atoms with Gasteiger partial charge in [0.1, 0.15) is 6.10 Å². The van der Waals surface area contributed by atoms with Crippen LogP contribution in [0.1, 0.15) is 55.4 Å². The molecule has 2 heterocycles. The lowest BCUT2D eigenvalue weighted by Crippen LogP contribution is -2.64. The van der Waals surface area contributed by atoms with Crippen molar-refractivity contribution in [3.05, 3.63) is 0 Å². The molecule has 0 aromatic heterocycles. The maximum absolute atomic E-state index is 12.0. The van der Waals surface area contributed by atoms with Crippen LogP contribution in [0.4, 0.5) is 0 Å². The van der Waals surface area contributed by atoms with Gasteiger partial charge in [-0.1, -0.05) is 0 Å². The van der Waals surface area contributed by atoms with Crippen LogP contribution in [0.2, 0.25) is 0 Å². The van der Waals surface area contributed by atoms with E-state index in [0.717, 1.165) is 48.5 Å². The number of ether oxygens (including phenoxy) is 10. The maximum atomic E-state index is 12.0. The molecular weight excluding hydrogens is 584 g/mol. The van der Waals surface area contributed by atoms with Crippen molar-refractivity contribution in [1.29, 1.82) is 0 Å². The third-order valence-corrected chi connectivity index (χ3v) is 5.84. The van der Waals surface area contributed by atoms with E-state index in [9.17, 15) is 33.6 Å². The Kier molecular flexibility index (Phi) is 12.8. The number of hydrogen-bond acceptors (Lipinski definition) is 17. The monoisotopic (exact) mass is 620 g/mol. The van der Waals surface area contributed by atoms with Gasteiger partial charge in [-0.25, -0.2) is 0 Å². The summed E-state index contributed by atoms with van der Waals surface area (Å²) < 4.78 is 54.5. The summed E-state index contributed by atoms with van der Waals surface area (Å²) in [7, 11) is 0. The zero-order valence-electron chi connectivity index (χ0n) is 24.9. The van der Waals surface area contributed by atoms with Gasteiger partial charge in [-0.15, -0.1) is 0 Å². The molecule has 0 aromatic carbocycles. The summed E-state index contributed by atoms with van der Waals surface area (Å²) in [6.45, 7) is 8.41. The largest absolute Gasteiger partial charge is 0.456 e. The summed E-state index contributed by atoms with van der Waals surface area (Å²) in [6.07, 6.45) is -14.1. The Morgan fingerprint density at radius 1 is 0.442 bits per heavy atom. The van der Waals surface area contributed by atoms with Crippen LogP contribution in [0.25, 0.3) is 0 Å². The van der Waals surface area contributed by atoms with E-state index in [4.69, 9.17) is 47.4 Å². The minimum Gasteiger partial charge on any atom is -0.456 e. The van der Waals surface area contributed by atoms with Crippen LogP contribution in [0.3, 0.4) is 0 Å². The molecule has 0 bridgehead atoms. The molecule has 17 heteroatoms. The van der Waals surface area contributed by atoms with Crippen molar-refractivity contribution < 1.29 is 80.9 Å².